The molecule has 1 saturated carbocycles. The molecule has 9 rings (SSSR count). The molecule has 15 heteroatoms. The molecule has 4 fully saturated rings. The fourth-order valence-corrected chi connectivity index (χ4v) is 10.6. The molecule has 4 aromatic carbocycles. The normalized spacial score (nSPS) is 25.7. The fourth-order valence-electron chi connectivity index (χ4n) is 10.2. The van der Waals surface area contributed by atoms with Crippen molar-refractivity contribution in [2.75, 3.05) is 62.9 Å². The van der Waals surface area contributed by atoms with E-state index in [9.17, 15) is 14.7 Å². The number of nitrogens with one attached hydrogen (secondary N) is 1. The van der Waals surface area contributed by atoms with Gasteiger partial charge in [0.05, 0.1) is 74.1 Å². The number of nitrogens with zero attached hydrogens (tertiary/aromatic N) is 3. The number of hydrogen-bond acceptors (Lipinski definition) is 11. The number of anilines is 3. The van der Waals surface area contributed by atoms with Gasteiger partial charge in [-0.2, -0.15) is 5.01 Å². The van der Waals surface area contributed by atoms with Gasteiger partial charge in [-0.15, -0.1) is 0 Å². The minimum Gasteiger partial charge on any atom is -0.502 e. The van der Waals surface area contributed by atoms with Crippen molar-refractivity contribution in [2.45, 2.75) is 18.3 Å². The first-order valence-corrected chi connectivity index (χ1v) is 21.1. The molecule has 62 heavy (non-hydrogen) atoms. The van der Waals surface area contributed by atoms with E-state index in [-0.39, 0.29) is 46.9 Å². The lowest BCUT2D eigenvalue weighted by Crippen LogP contribution is -2.54. The molecule has 3 aliphatic heterocycles. The van der Waals surface area contributed by atoms with Crippen molar-refractivity contribution < 1.29 is 43.2 Å². The number of benzene rings is 4. The summed E-state index contributed by atoms with van der Waals surface area (Å²) in [6.45, 7) is 2.72. The van der Waals surface area contributed by atoms with Gasteiger partial charge in [0, 0.05) is 29.7 Å². The summed E-state index contributed by atoms with van der Waals surface area (Å²) in [6.07, 6.45) is 6.00. The number of morpholine rings is 1. The first-order valence-electron chi connectivity index (χ1n) is 20.4. The van der Waals surface area contributed by atoms with Gasteiger partial charge in [0.15, 0.2) is 11.5 Å². The molecule has 3 heterocycles. The molecule has 6 atom stereocenters. The number of aromatic hydroxyl groups is 1. The number of hydrogen-bond donors (Lipinski definition) is 2. The third kappa shape index (κ3) is 6.65. The number of carbonyl (C=O) groups excluding carboxylic acids is 4. The highest BCUT2D eigenvalue weighted by Crippen LogP contribution is 2.62. The van der Waals surface area contributed by atoms with Gasteiger partial charge in [0.2, 0.25) is 17.6 Å². The predicted molar refractivity (Wildman–Crippen MR) is 234 cm³/mol. The molecule has 0 radical (unpaired) electrons. The van der Waals surface area contributed by atoms with Gasteiger partial charge in [-0.1, -0.05) is 59.1 Å². The second kappa shape index (κ2) is 16.4. The molecule has 3 saturated heterocycles. The van der Waals surface area contributed by atoms with Crippen molar-refractivity contribution >= 4 is 70.0 Å². The van der Waals surface area contributed by atoms with Crippen LogP contribution in [0.4, 0.5) is 17.1 Å². The van der Waals surface area contributed by atoms with E-state index in [1.807, 2.05) is 24.3 Å². The largest absolute Gasteiger partial charge is 0.502 e. The lowest BCUT2D eigenvalue weighted by Gasteiger charge is -2.49. The molecule has 2 aliphatic carbocycles. The van der Waals surface area contributed by atoms with Crippen LogP contribution in [0.2, 0.25) is 10.0 Å². The van der Waals surface area contributed by atoms with Crippen LogP contribution in [0.3, 0.4) is 0 Å². The highest BCUT2D eigenvalue weighted by molar-refractivity contribution is 6.36. The summed E-state index contributed by atoms with van der Waals surface area (Å²) in [5.41, 5.74) is 5.11. The summed E-state index contributed by atoms with van der Waals surface area (Å²) >= 11 is 12.8. The summed E-state index contributed by atoms with van der Waals surface area (Å²) in [4.78, 5) is 63.3. The fraction of sp³-hybridized carbons (Fsp3) is 0.319. The van der Waals surface area contributed by atoms with Gasteiger partial charge < -0.3 is 29.0 Å². The number of amides is 4. The van der Waals surface area contributed by atoms with E-state index in [0.717, 1.165) is 29.4 Å². The smallest absolute Gasteiger partial charge is 0.260 e. The predicted octanol–water partition coefficient (Wildman–Crippen LogP) is 7.30. The van der Waals surface area contributed by atoms with E-state index in [4.69, 9.17) is 42.1 Å². The van der Waals surface area contributed by atoms with Crippen LogP contribution < -0.4 is 29.4 Å². The molecule has 5 aliphatic rings. The number of methoxy groups -OCH3 is 3. The maximum absolute atomic E-state index is 15.5. The SMILES string of the molecule is COc1ccc(C23C(=O)N(Nc4ccc(Cl)cc4Cl)C(=O)C2CC2C(=CCC4C(=O)N(c5ccc(N6CCOCC6)cc5)C(=O)C42)C3C=Cc2cc(OC)c(O)c(OC)c2)cc1. The topological polar surface area (TPSA) is 147 Å². The zero-order valence-corrected chi connectivity index (χ0v) is 35.7. The quantitative estimate of drug-likeness (QED) is 0.122. The van der Waals surface area contributed by atoms with Crippen LogP contribution in [-0.4, -0.2) is 81.4 Å². The van der Waals surface area contributed by atoms with E-state index >= 15 is 9.59 Å². The lowest BCUT2D eigenvalue weighted by atomic mass is 9.50. The minimum atomic E-state index is -1.55. The van der Waals surface area contributed by atoms with E-state index in [1.165, 1.54) is 25.2 Å². The zero-order valence-electron chi connectivity index (χ0n) is 34.2. The Morgan fingerprint density at radius 3 is 2.13 bits per heavy atom. The molecule has 13 nitrogen and oxygen atoms in total. The second-order valence-corrected chi connectivity index (χ2v) is 16.9. The number of phenols is 1. The number of fused-ring (bicyclic) bond motifs is 4. The maximum atomic E-state index is 15.5. The molecule has 0 bridgehead atoms. The average Bonchev–Trinajstić information content (AvgIpc) is 3.67. The summed E-state index contributed by atoms with van der Waals surface area (Å²) in [5, 5.41) is 12.3. The average molecular weight is 880 g/mol. The van der Waals surface area contributed by atoms with Crippen LogP contribution in [0.15, 0.2) is 96.6 Å². The Kier molecular flexibility index (Phi) is 10.9. The monoisotopic (exact) mass is 878 g/mol. The Balaban J connectivity index is 1.17. The lowest BCUT2D eigenvalue weighted by molar-refractivity contribution is -0.139. The molecule has 4 aromatic rings. The van der Waals surface area contributed by atoms with Gasteiger partial charge in [0.1, 0.15) is 5.75 Å². The second-order valence-electron chi connectivity index (χ2n) is 16.0. The number of rotatable bonds is 10. The molecule has 4 amide bonds. The summed E-state index contributed by atoms with van der Waals surface area (Å²) in [7, 11) is 4.41. The zero-order chi connectivity index (χ0) is 43.4. The highest BCUT2D eigenvalue weighted by atomic mass is 35.5. The van der Waals surface area contributed by atoms with Crippen LogP contribution in [-0.2, 0) is 29.3 Å². The Morgan fingerprint density at radius 2 is 1.48 bits per heavy atom. The Bertz CT molecular complexity index is 2500. The number of halogens is 2. The Hall–Kier alpha value is -6.02. The number of allylic oxidation sites excluding steroid dienone is 3. The molecule has 320 valence electrons. The molecular weight excluding hydrogens is 835 g/mol. The van der Waals surface area contributed by atoms with Gasteiger partial charge in [-0.25, -0.2) is 0 Å². The number of phenolic OH excluding ortho intramolecular Hbond substituents is 1. The third-order valence-electron chi connectivity index (χ3n) is 13.1. The first kappa shape index (κ1) is 41.3. The molecule has 0 aromatic heterocycles. The Labute approximate surface area is 368 Å². The van der Waals surface area contributed by atoms with Crippen molar-refractivity contribution in [3.8, 4) is 23.0 Å². The third-order valence-corrected chi connectivity index (χ3v) is 13.7. The van der Waals surface area contributed by atoms with Crippen LogP contribution in [0.1, 0.15) is 24.0 Å². The first-order chi connectivity index (χ1) is 30.0. The van der Waals surface area contributed by atoms with E-state index in [1.54, 1.807) is 73.8 Å². The summed E-state index contributed by atoms with van der Waals surface area (Å²) in [6, 6.07) is 22.5. The van der Waals surface area contributed by atoms with E-state index in [2.05, 4.69) is 10.3 Å². The summed E-state index contributed by atoms with van der Waals surface area (Å²) in [5.74, 6) is -4.86. The highest BCUT2D eigenvalue weighted by Gasteiger charge is 2.69. The van der Waals surface area contributed by atoms with Crippen LogP contribution >= 0.6 is 23.2 Å². The van der Waals surface area contributed by atoms with Crippen molar-refractivity contribution in [1.29, 1.82) is 0 Å². The van der Waals surface area contributed by atoms with Crippen molar-refractivity contribution in [3.63, 3.8) is 0 Å². The van der Waals surface area contributed by atoms with Crippen molar-refractivity contribution in [2.24, 2.45) is 29.6 Å². The van der Waals surface area contributed by atoms with Crippen LogP contribution in [0.25, 0.3) is 6.08 Å². The van der Waals surface area contributed by atoms with Gasteiger partial charge in [0.25, 0.3) is 11.8 Å². The van der Waals surface area contributed by atoms with E-state index in [0.29, 0.717) is 46.5 Å². The van der Waals surface area contributed by atoms with Crippen LogP contribution in [0, 0.1) is 29.6 Å². The van der Waals surface area contributed by atoms with Gasteiger partial charge in [-0.05, 0) is 96.6 Å². The Morgan fingerprint density at radius 1 is 0.806 bits per heavy atom. The maximum Gasteiger partial charge on any atom is 0.260 e. The molecular formula is C47H44Cl2N4O9. The minimum absolute atomic E-state index is 0.101. The van der Waals surface area contributed by atoms with Gasteiger partial charge in [-0.3, -0.25) is 29.5 Å². The van der Waals surface area contributed by atoms with E-state index < -0.39 is 46.8 Å². The van der Waals surface area contributed by atoms with Gasteiger partial charge >= 0.3 is 0 Å². The number of imide groups is 2. The standard InChI is InChI=1S/C47H44Cl2N4O9/c1-59-31-12-5-27(6-13-31)47-35(16-4-26-22-39(60-2)42(54)40(23-26)61-3)32-14-15-33-41(45(57)52(43(33)55)30-10-8-29(9-11-30)51-18-20-62-21-19-51)34(32)25-36(47)44(56)53(46(47)58)50-38-17-7-28(48)24-37(38)49/h4-14,16-17,22-24,33-36,41,50,54H,15,18-21,25H2,1-3H3. The van der Waals surface area contributed by atoms with Crippen molar-refractivity contribution in [1.82, 2.24) is 5.01 Å². The molecule has 6 unspecified atom stereocenters. The van der Waals surface area contributed by atoms with Crippen LogP contribution in [0.5, 0.6) is 23.0 Å². The number of hydrazine groups is 1. The number of ether oxygens (including phenoxy) is 4. The number of carbonyl (C=O) groups is 4. The van der Waals surface area contributed by atoms with Crippen molar-refractivity contribution in [3.05, 3.63) is 118 Å². The summed E-state index contributed by atoms with van der Waals surface area (Å²) < 4.78 is 21.9. The molecule has 2 N–H and O–H groups in total. The molecule has 0 spiro atoms.